The number of nitrogens with one attached hydrogen (secondary N) is 1. The number of carbonyl (C=O) groups excluding carboxylic acids is 1. The number of aliphatic hydroxyl groups excluding tert-OH is 1. The van der Waals surface area contributed by atoms with Crippen LogP contribution < -0.4 is 10.2 Å². The van der Waals surface area contributed by atoms with Crippen LogP contribution in [0.2, 0.25) is 0 Å². The molecule has 28 heavy (non-hydrogen) atoms. The Balaban J connectivity index is 2.00. The van der Waals surface area contributed by atoms with E-state index < -0.39 is 6.09 Å². The van der Waals surface area contributed by atoms with E-state index in [9.17, 15) is 9.90 Å². The van der Waals surface area contributed by atoms with Gasteiger partial charge in [0.25, 0.3) is 0 Å². The summed E-state index contributed by atoms with van der Waals surface area (Å²) in [5.74, 6) is 1.17. The van der Waals surface area contributed by atoms with Crippen molar-refractivity contribution in [1.29, 1.82) is 0 Å². The molecule has 0 bridgehead atoms. The second-order valence-electron chi connectivity index (χ2n) is 6.67. The lowest BCUT2D eigenvalue weighted by Gasteiger charge is -2.17. The Hall–Kier alpha value is -2.93. The fraction of sp³-hybridized carbons (Fsp3) is 0.381. The van der Waals surface area contributed by atoms with E-state index in [0.717, 1.165) is 16.7 Å². The smallest absolute Gasteiger partial charge is 0.412 e. The number of benzene rings is 1. The van der Waals surface area contributed by atoms with Crippen molar-refractivity contribution in [3.63, 3.8) is 0 Å². The van der Waals surface area contributed by atoms with Gasteiger partial charge in [-0.05, 0) is 50.5 Å². The summed E-state index contributed by atoms with van der Waals surface area (Å²) in [5.41, 5.74) is 2.81. The molecule has 0 saturated heterocycles. The number of hydrogen-bond acceptors (Lipinski definition) is 6. The van der Waals surface area contributed by atoms with E-state index >= 15 is 0 Å². The molecule has 2 rings (SSSR count). The van der Waals surface area contributed by atoms with Gasteiger partial charge in [0.15, 0.2) is 0 Å². The minimum Gasteiger partial charge on any atom is -0.416 e. The highest BCUT2D eigenvalue weighted by atomic mass is 16.6. The van der Waals surface area contributed by atoms with Gasteiger partial charge < -0.3 is 20.1 Å². The quantitative estimate of drug-likeness (QED) is 0.678. The lowest BCUT2D eigenvalue weighted by Crippen LogP contribution is -2.23. The average Bonchev–Trinajstić information content (AvgIpc) is 2.70. The number of aliphatic hydroxyl groups is 1. The molecule has 1 heterocycles. The molecule has 0 radical (unpaired) electrons. The van der Waals surface area contributed by atoms with Crippen LogP contribution in [0, 0.1) is 0 Å². The van der Waals surface area contributed by atoms with Gasteiger partial charge in [-0.3, -0.25) is 0 Å². The Morgan fingerprint density at radius 2 is 2.04 bits per heavy atom. The molecule has 0 aliphatic rings. The molecular formula is C21H28N4O3. The number of rotatable bonds is 8. The maximum Gasteiger partial charge on any atom is 0.412 e. The molecule has 0 fully saturated rings. The number of ether oxygens (including phenoxy) is 1. The molecule has 0 aliphatic heterocycles. The summed E-state index contributed by atoms with van der Waals surface area (Å²) in [6.45, 7) is 6.35. The number of nitrogens with zero attached hydrogens (tertiary/aromatic N) is 3. The van der Waals surface area contributed by atoms with Gasteiger partial charge in [0.2, 0.25) is 5.95 Å². The molecule has 1 amide bonds. The van der Waals surface area contributed by atoms with Gasteiger partial charge in [-0.2, -0.15) is 0 Å². The van der Waals surface area contributed by atoms with E-state index in [1.165, 1.54) is 0 Å². The maximum absolute atomic E-state index is 11.7. The first-order valence-electron chi connectivity index (χ1n) is 9.28. The largest absolute Gasteiger partial charge is 0.416 e. The van der Waals surface area contributed by atoms with Crippen LogP contribution in [0.4, 0.5) is 10.7 Å². The first kappa shape index (κ1) is 21.4. The summed E-state index contributed by atoms with van der Waals surface area (Å²) in [4.78, 5) is 22.5. The van der Waals surface area contributed by atoms with E-state index in [1.54, 1.807) is 32.3 Å². The van der Waals surface area contributed by atoms with Gasteiger partial charge >= 0.3 is 6.09 Å². The summed E-state index contributed by atoms with van der Waals surface area (Å²) in [5, 5.41) is 12.1. The lowest BCUT2D eigenvalue weighted by atomic mass is 10.1. The Bertz CT molecular complexity index is 804. The summed E-state index contributed by atoms with van der Waals surface area (Å²) in [7, 11) is 1.90. The van der Waals surface area contributed by atoms with Crippen LogP contribution in [0.5, 0.6) is 0 Å². The van der Waals surface area contributed by atoms with Crippen molar-refractivity contribution in [2.24, 2.45) is 0 Å². The van der Waals surface area contributed by atoms with Crippen LogP contribution in [0.3, 0.4) is 0 Å². The fourth-order valence-electron chi connectivity index (χ4n) is 2.42. The van der Waals surface area contributed by atoms with Crippen molar-refractivity contribution in [2.45, 2.75) is 39.8 Å². The molecule has 1 atom stereocenters. The van der Waals surface area contributed by atoms with Gasteiger partial charge in [0.05, 0.1) is 6.10 Å². The summed E-state index contributed by atoms with van der Waals surface area (Å²) >= 11 is 0. The predicted octanol–water partition coefficient (Wildman–Crippen LogP) is 3.50. The Morgan fingerprint density at radius 3 is 2.68 bits per heavy atom. The van der Waals surface area contributed by atoms with E-state index in [2.05, 4.69) is 15.3 Å². The fourth-order valence-corrected chi connectivity index (χ4v) is 2.42. The van der Waals surface area contributed by atoms with Crippen LogP contribution in [0.25, 0.3) is 11.1 Å². The third-order valence-corrected chi connectivity index (χ3v) is 4.22. The number of aromatic nitrogens is 2. The number of anilines is 1. The Kier molecular flexibility index (Phi) is 7.95. The summed E-state index contributed by atoms with van der Waals surface area (Å²) < 4.78 is 5.08. The molecule has 7 heteroatoms. The summed E-state index contributed by atoms with van der Waals surface area (Å²) in [6.07, 6.45) is 5.11. The second-order valence-corrected chi connectivity index (χ2v) is 6.67. The molecule has 2 aromatic rings. The van der Waals surface area contributed by atoms with E-state index in [0.29, 0.717) is 31.2 Å². The molecule has 150 valence electrons. The molecule has 1 aromatic heterocycles. The van der Waals surface area contributed by atoms with Crippen LogP contribution in [-0.2, 0) is 11.3 Å². The number of alkyl carbamates (subject to hydrolysis) is 1. The van der Waals surface area contributed by atoms with Gasteiger partial charge in [-0.15, -0.1) is 0 Å². The zero-order valence-corrected chi connectivity index (χ0v) is 16.8. The van der Waals surface area contributed by atoms with Gasteiger partial charge in [0.1, 0.15) is 5.76 Å². The topological polar surface area (TPSA) is 87.6 Å². The van der Waals surface area contributed by atoms with Crippen molar-refractivity contribution in [1.82, 2.24) is 15.3 Å². The molecule has 1 unspecified atom stereocenters. The van der Waals surface area contributed by atoms with E-state index in [1.807, 2.05) is 43.1 Å². The van der Waals surface area contributed by atoms with Crippen molar-refractivity contribution >= 4 is 12.0 Å². The SMILES string of the molecule is C/C=C(\C)OC(=O)NCc1cccc(-c2cnc(N(C)CCC(C)O)nc2)c1. The summed E-state index contributed by atoms with van der Waals surface area (Å²) in [6, 6.07) is 7.82. The monoisotopic (exact) mass is 384 g/mol. The predicted molar refractivity (Wildman–Crippen MR) is 110 cm³/mol. The van der Waals surface area contributed by atoms with E-state index in [-0.39, 0.29) is 6.10 Å². The normalized spacial score (nSPS) is 12.4. The molecule has 0 aliphatic carbocycles. The van der Waals surface area contributed by atoms with Gasteiger partial charge in [-0.1, -0.05) is 18.2 Å². The number of allylic oxidation sites excluding steroid dienone is 2. The third kappa shape index (κ3) is 6.66. The highest BCUT2D eigenvalue weighted by Gasteiger charge is 2.08. The highest BCUT2D eigenvalue weighted by Crippen LogP contribution is 2.20. The Labute approximate surface area is 166 Å². The van der Waals surface area contributed by atoms with Crippen molar-refractivity contribution in [3.05, 3.63) is 54.1 Å². The maximum atomic E-state index is 11.7. The van der Waals surface area contributed by atoms with E-state index in [4.69, 9.17) is 4.74 Å². The minimum atomic E-state index is -0.478. The van der Waals surface area contributed by atoms with Crippen LogP contribution >= 0.6 is 0 Å². The highest BCUT2D eigenvalue weighted by molar-refractivity contribution is 5.68. The van der Waals surface area contributed by atoms with Gasteiger partial charge in [0, 0.05) is 38.1 Å². The minimum absolute atomic E-state index is 0.350. The van der Waals surface area contributed by atoms with Crippen molar-refractivity contribution < 1.29 is 14.6 Å². The van der Waals surface area contributed by atoms with Gasteiger partial charge in [-0.25, -0.2) is 14.8 Å². The first-order chi connectivity index (χ1) is 13.4. The lowest BCUT2D eigenvalue weighted by molar-refractivity contribution is 0.175. The Morgan fingerprint density at radius 1 is 1.32 bits per heavy atom. The molecule has 1 aromatic carbocycles. The zero-order chi connectivity index (χ0) is 20.5. The molecule has 0 saturated carbocycles. The van der Waals surface area contributed by atoms with Crippen LogP contribution in [0.1, 0.15) is 32.8 Å². The third-order valence-electron chi connectivity index (χ3n) is 4.22. The second kappa shape index (κ2) is 10.4. The molecular weight excluding hydrogens is 356 g/mol. The van der Waals surface area contributed by atoms with Crippen LogP contribution in [-0.4, -0.2) is 40.9 Å². The molecule has 0 spiro atoms. The van der Waals surface area contributed by atoms with Crippen molar-refractivity contribution in [3.8, 4) is 11.1 Å². The number of amides is 1. The standard InChI is InChI=1S/C21H28N4O3/c1-5-16(3)28-21(27)24-12-17-7-6-8-18(11-17)19-13-22-20(23-14-19)25(4)10-9-15(2)26/h5-8,11,13-15,26H,9-10,12H2,1-4H3,(H,24,27)/b16-5+. The zero-order valence-electron chi connectivity index (χ0n) is 16.8. The molecule has 2 N–H and O–H groups in total. The van der Waals surface area contributed by atoms with Crippen LogP contribution in [0.15, 0.2) is 48.5 Å². The van der Waals surface area contributed by atoms with Crippen molar-refractivity contribution in [2.75, 3.05) is 18.5 Å². The average molecular weight is 384 g/mol. The number of hydrogen-bond donors (Lipinski definition) is 2. The first-order valence-corrected chi connectivity index (χ1v) is 9.28. The molecule has 7 nitrogen and oxygen atoms in total. The number of carbonyl (C=O) groups is 1.